The molecule has 0 aliphatic rings. The van der Waals surface area contributed by atoms with Gasteiger partial charge >= 0.3 is 0 Å². The largest absolute Gasteiger partial charge is 0.464 e. The molecule has 0 aliphatic heterocycles. The first-order valence-corrected chi connectivity index (χ1v) is 4.89. The summed E-state index contributed by atoms with van der Waals surface area (Å²) in [5, 5.41) is 0.947. The standard InChI is InChI=1S/C12H9N3O/c13-12-9(11-2-1-5-16-11)6-8-7-14-4-3-10(8)15-12/h1-7H,(H2,13,15). The predicted octanol–water partition coefficient (Wildman–Crippen LogP) is 2.47. The number of rotatable bonds is 1. The van der Waals surface area contributed by atoms with Crippen molar-refractivity contribution >= 4 is 16.7 Å². The Bertz CT molecular complexity index is 632. The van der Waals surface area contributed by atoms with Crippen molar-refractivity contribution in [2.45, 2.75) is 0 Å². The first kappa shape index (κ1) is 8.91. The summed E-state index contributed by atoms with van der Waals surface area (Å²) in [6.07, 6.45) is 5.07. The Morgan fingerprint density at radius 1 is 1.25 bits per heavy atom. The number of nitrogens with two attached hydrogens (primary N) is 1. The van der Waals surface area contributed by atoms with Crippen LogP contribution in [0.5, 0.6) is 0 Å². The summed E-state index contributed by atoms with van der Waals surface area (Å²) < 4.78 is 5.31. The Labute approximate surface area is 91.7 Å². The highest BCUT2D eigenvalue weighted by molar-refractivity contribution is 5.86. The van der Waals surface area contributed by atoms with Crippen molar-refractivity contribution in [1.82, 2.24) is 9.97 Å². The van der Waals surface area contributed by atoms with Gasteiger partial charge in [-0.3, -0.25) is 4.98 Å². The summed E-state index contributed by atoms with van der Waals surface area (Å²) in [5.41, 5.74) is 7.52. The van der Waals surface area contributed by atoms with Gasteiger partial charge in [0.15, 0.2) is 0 Å². The Hall–Kier alpha value is -2.36. The third kappa shape index (κ3) is 1.32. The quantitative estimate of drug-likeness (QED) is 0.671. The van der Waals surface area contributed by atoms with Crippen LogP contribution in [-0.2, 0) is 0 Å². The predicted molar refractivity (Wildman–Crippen MR) is 61.7 cm³/mol. The van der Waals surface area contributed by atoms with Gasteiger partial charge in [-0.05, 0) is 24.3 Å². The lowest BCUT2D eigenvalue weighted by atomic mass is 10.1. The highest BCUT2D eigenvalue weighted by atomic mass is 16.3. The zero-order valence-electron chi connectivity index (χ0n) is 8.42. The van der Waals surface area contributed by atoms with Crippen LogP contribution in [0.3, 0.4) is 0 Å². The molecule has 0 saturated carbocycles. The molecule has 0 radical (unpaired) electrons. The molecule has 78 valence electrons. The molecule has 3 rings (SSSR count). The maximum absolute atomic E-state index is 5.89. The van der Waals surface area contributed by atoms with E-state index in [0.717, 1.165) is 22.2 Å². The van der Waals surface area contributed by atoms with Crippen LogP contribution in [0.2, 0.25) is 0 Å². The normalized spacial score (nSPS) is 10.8. The number of hydrogen-bond acceptors (Lipinski definition) is 4. The van der Waals surface area contributed by atoms with Crippen LogP contribution in [0.1, 0.15) is 0 Å². The zero-order chi connectivity index (χ0) is 11.0. The van der Waals surface area contributed by atoms with Gasteiger partial charge < -0.3 is 10.2 Å². The van der Waals surface area contributed by atoms with Gasteiger partial charge in [-0.15, -0.1) is 0 Å². The van der Waals surface area contributed by atoms with Crippen LogP contribution in [0, 0.1) is 0 Å². The van der Waals surface area contributed by atoms with Crippen molar-refractivity contribution in [3.63, 3.8) is 0 Å². The summed E-state index contributed by atoms with van der Waals surface area (Å²) >= 11 is 0. The molecule has 0 aliphatic carbocycles. The summed E-state index contributed by atoms with van der Waals surface area (Å²) in [5.74, 6) is 1.18. The molecule has 3 aromatic heterocycles. The van der Waals surface area contributed by atoms with Crippen LogP contribution in [-0.4, -0.2) is 9.97 Å². The van der Waals surface area contributed by atoms with Crippen LogP contribution in [0.25, 0.3) is 22.2 Å². The molecule has 0 fully saturated rings. The van der Waals surface area contributed by atoms with E-state index >= 15 is 0 Å². The monoisotopic (exact) mass is 211 g/mol. The van der Waals surface area contributed by atoms with Gasteiger partial charge in [0.2, 0.25) is 0 Å². The van der Waals surface area contributed by atoms with Gasteiger partial charge in [0.25, 0.3) is 0 Å². The van der Waals surface area contributed by atoms with Crippen LogP contribution in [0.15, 0.2) is 47.3 Å². The summed E-state index contributed by atoms with van der Waals surface area (Å²) in [4.78, 5) is 8.36. The van der Waals surface area contributed by atoms with E-state index in [9.17, 15) is 0 Å². The SMILES string of the molecule is Nc1nc2ccncc2cc1-c1ccco1. The van der Waals surface area contributed by atoms with E-state index in [1.165, 1.54) is 0 Å². The first-order chi connectivity index (χ1) is 7.84. The average Bonchev–Trinajstić information content (AvgIpc) is 2.81. The Balaban J connectivity index is 2.30. The van der Waals surface area contributed by atoms with E-state index in [0.29, 0.717) is 5.82 Å². The fraction of sp³-hybridized carbons (Fsp3) is 0. The third-order valence-corrected chi connectivity index (χ3v) is 2.43. The van der Waals surface area contributed by atoms with E-state index in [4.69, 9.17) is 10.2 Å². The van der Waals surface area contributed by atoms with Gasteiger partial charge in [0.05, 0.1) is 17.3 Å². The van der Waals surface area contributed by atoms with Crippen molar-refractivity contribution in [3.05, 3.63) is 42.9 Å². The van der Waals surface area contributed by atoms with Crippen molar-refractivity contribution < 1.29 is 4.42 Å². The van der Waals surface area contributed by atoms with Crippen LogP contribution >= 0.6 is 0 Å². The van der Waals surface area contributed by atoms with E-state index in [-0.39, 0.29) is 0 Å². The lowest BCUT2D eigenvalue weighted by molar-refractivity contribution is 0.582. The topological polar surface area (TPSA) is 64.9 Å². The Morgan fingerprint density at radius 2 is 2.19 bits per heavy atom. The van der Waals surface area contributed by atoms with Crippen LogP contribution in [0.4, 0.5) is 5.82 Å². The summed E-state index contributed by atoms with van der Waals surface area (Å²) in [6.45, 7) is 0. The smallest absolute Gasteiger partial charge is 0.137 e. The molecule has 4 nitrogen and oxygen atoms in total. The van der Waals surface area contributed by atoms with E-state index in [2.05, 4.69) is 9.97 Å². The van der Waals surface area contributed by atoms with Crippen LogP contribution < -0.4 is 5.73 Å². The lowest BCUT2D eigenvalue weighted by Crippen LogP contribution is -1.94. The molecule has 0 bridgehead atoms. The molecule has 4 heteroatoms. The number of furan rings is 1. The van der Waals surface area contributed by atoms with E-state index in [1.54, 1.807) is 18.7 Å². The molecule has 0 amide bonds. The summed E-state index contributed by atoms with van der Waals surface area (Å²) in [7, 11) is 0. The van der Waals surface area contributed by atoms with Crippen molar-refractivity contribution in [2.24, 2.45) is 0 Å². The minimum atomic E-state index is 0.466. The Kier molecular flexibility index (Phi) is 1.86. The fourth-order valence-corrected chi connectivity index (χ4v) is 1.66. The highest BCUT2D eigenvalue weighted by Gasteiger charge is 2.08. The van der Waals surface area contributed by atoms with Gasteiger partial charge in [-0.2, -0.15) is 0 Å². The fourth-order valence-electron chi connectivity index (χ4n) is 1.66. The first-order valence-electron chi connectivity index (χ1n) is 4.89. The Morgan fingerprint density at radius 3 is 3.00 bits per heavy atom. The second-order valence-electron chi connectivity index (χ2n) is 3.47. The molecule has 3 aromatic rings. The molecule has 0 spiro atoms. The minimum Gasteiger partial charge on any atom is -0.464 e. The highest BCUT2D eigenvalue weighted by Crippen LogP contribution is 2.27. The van der Waals surface area contributed by atoms with Gasteiger partial charge in [-0.1, -0.05) is 0 Å². The second-order valence-corrected chi connectivity index (χ2v) is 3.47. The second kappa shape index (κ2) is 3.34. The molecule has 2 N–H and O–H groups in total. The molecule has 16 heavy (non-hydrogen) atoms. The average molecular weight is 211 g/mol. The maximum Gasteiger partial charge on any atom is 0.137 e. The molecule has 3 heterocycles. The number of nitrogens with zero attached hydrogens (tertiary/aromatic N) is 2. The molecular formula is C12H9N3O. The number of pyridine rings is 2. The molecule has 0 saturated heterocycles. The number of hydrogen-bond donors (Lipinski definition) is 1. The number of anilines is 1. The van der Waals surface area contributed by atoms with Crippen molar-refractivity contribution in [3.8, 4) is 11.3 Å². The van der Waals surface area contributed by atoms with Crippen molar-refractivity contribution in [1.29, 1.82) is 0 Å². The van der Waals surface area contributed by atoms with Crippen molar-refractivity contribution in [2.75, 3.05) is 5.73 Å². The number of nitrogen functional groups attached to an aromatic ring is 1. The minimum absolute atomic E-state index is 0.466. The maximum atomic E-state index is 5.89. The molecule has 0 aromatic carbocycles. The molecular weight excluding hydrogens is 202 g/mol. The number of fused-ring (bicyclic) bond motifs is 1. The van der Waals surface area contributed by atoms with Gasteiger partial charge in [0, 0.05) is 17.8 Å². The molecule has 0 unspecified atom stereocenters. The van der Waals surface area contributed by atoms with Gasteiger partial charge in [0.1, 0.15) is 11.6 Å². The number of aromatic nitrogens is 2. The third-order valence-electron chi connectivity index (χ3n) is 2.43. The van der Waals surface area contributed by atoms with Gasteiger partial charge in [-0.25, -0.2) is 4.98 Å². The molecule has 0 atom stereocenters. The van der Waals surface area contributed by atoms with E-state index < -0.39 is 0 Å². The summed E-state index contributed by atoms with van der Waals surface area (Å²) in [6, 6.07) is 7.44. The lowest BCUT2D eigenvalue weighted by Gasteiger charge is -2.03. The van der Waals surface area contributed by atoms with E-state index in [1.807, 2.05) is 24.3 Å². The zero-order valence-corrected chi connectivity index (χ0v) is 8.42.